The quantitative estimate of drug-likeness (QED) is 0.801. The van der Waals surface area contributed by atoms with E-state index in [0.29, 0.717) is 24.1 Å². The molecule has 0 radical (unpaired) electrons. The smallest absolute Gasteiger partial charge is 0.0730 e. The molecule has 2 fully saturated rings. The number of morpholine rings is 1. The van der Waals surface area contributed by atoms with Gasteiger partial charge in [0, 0.05) is 25.2 Å². The lowest BCUT2D eigenvalue weighted by Crippen LogP contribution is -2.56. The summed E-state index contributed by atoms with van der Waals surface area (Å²) >= 11 is 0. The second kappa shape index (κ2) is 7.61. The Morgan fingerprint density at radius 3 is 2.79 bits per heavy atom. The highest BCUT2D eigenvalue weighted by Crippen LogP contribution is 2.28. The van der Waals surface area contributed by atoms with Crippen molar-refractivity contribution in [1.29, 1.82) is 0 Å². The van der Waals surface area contributed by atoms with E-state index in [1.54, 1.807) is 0 Å². The van der Waals surface area contributed by atoms with Gasteiger partial charge in [-0.1, -0.05) is 33.6 Å². The standard InChI is InChI=1S/C16H32N2O/c1-4-9-17-14(13(2)3)12-18-10-11-19-16-8-6-5-7-15(16)18/h13-17H,4-12H2,1-3H3. The molecule has 19 heavy (non-hydrogen) atoms. The highest BCUT2D eigenvalue weighted by atomic mass is 16.5. The second-order valence-corrected chi connectivity index (χ2v) is 6.56. The number of nitrogens with zero attached hydrogens (tertiary/aromatic N) is 1. The minimum atomic E-state index is 0.515. The van der Waals surface area contributed by atoms with E-state index in [1.807, 2.05) is 0 Å². The van der Waals surface area contributed by atoms with E-state index in [9.17, 15) is 0 Å². The summed E-state index contributed by atoms with van der Waals surface area (Å²) in [6.45, 7) is 11.3. The summed E-state index contributed by atoms with van der Waals surface area (Å²) in [5, 5.41) is 3.73. The number of rotatable bonds is 6. The van der Waals surface area contributed by atoms with Crippen molar-refractivity contribution in [2.75, 3.05) is 26.2 Å². The molecule has 3 nitrogen and oxygen atoms in total. The van der Waals surface area contributed by atoms with Crippen molar-refractivity contribution >= 4 is 0 Å². The molecule has 1 saturated heterocycles. The Morgan fingerprint density at radius 1 is 1.26 bits per heavy atom. The van der Waals surface area contributed by atoms with Gasteiger partial charge in [-0.25, -0.2) is 0 Å². The SMILES string of the molecule is CCCNC(CN1CCOC2CCCCC21)C(C)C. The summed E-state index contributed by atoms with van der Waals surface area (Å²) in [4.78, 5) is 2.71. The molecule has 3 atom stereocenters. The van der Waals surface area contributed by atoms with Crippen molar-refractivity contribution in [2.24, 2.45) is 5.92 Å². The van der Waals surface area contributed by atoms with Crippen molar-refractivity contribution in [3.63, 3.8) is 0 Å². The molecule has 0 aromatic heterocycles. The summed E-state index contributed by atoms with van der Waals surface area (Å²) in [5.41, 5.74) is 0. The van der Waals surface area contributed by atoms with E-state index in [1.165, 1.54) is 38.6 Å². The Hall–Kier alpha value is -0.120. The molecule has 3 unspecified atom stereocenters. The Labute approximate surface area is 119 Å². The van der Waals surface area contributed by atoms with Crippen LogP contribution in [0.1, 0.15) is 52.9 Å². The van der Waals surface area contributed by atoms with Crippen LogP contribution in [0, 0.1) is 5.92 Å². The topological polar surface area (TPSA) is 24.5 Å². The summed E-state index contributed by atoms with van der Waals surface area (Å²) in [5.74, 6) is 0.705. The van der Waals surface area contributed by atoms with Gasteiger partial charge in [-0.15, -0.1) is 0 Å². The van der Waals surface area contributed by atoms with Gasteiger partial charge in [0.1, 0.15) is 0 Å². The lowest BCUT2D eigenvalue weighted by atomic mass is 9.89. The fraction of sp³-hybridized carbons (Fsp3) is 1.00. The summed E-state index contributed by atoms with van der Waals surface area (Å²) < 4.78 is 5.97. The van der Waals surface area contributed by atoms with Gasteiger partial charge in [-0.05, 0) is 31.7 Å². The molecule has 0 spiro atoms. The number of hydrogen-bond donors (Lipinski definition) is 1. The van der Waals surface area contributed by atoms with Crippen LogP contribution in [0.3, 0.4) is 0 Å². The largest absolute Gasteiger partial charge is 0.375 e. The van der Waals surface area contributed by atoms with Gasteiger partial charge < -0.3 is 10.1 Å². The van der Waals surface area contributed by atoms with Crippen LogP contribution in [-0.4, -0.2) is 49.3 Å². The van der Waals surface area contributed by atoms with Crippen LogP contribution in [0.2, 0.25) is 0 Å². The van der Waals surface area contributed by atoms with Crippen LogP contribution in [0.15, 0.2) is 0 Å². The van der Waals surface area contributed by atoms with Crippen molar-refractivity contribution < 1.29 is 4.74 Å². The van der Waals surface area contributed by atoms with Crippen molar-refractivity contribution in [3.05, 3.63) is 0 Å². The van der Waals surface area contributed by atoms with Crippen molar-refractivity contribution in [1.82, 2.24) is 10.2 Å². The zero-order chi connectivity index (χ0) is 13.7. The maximum atomic E-state index is 5.97. The normalized spacial score (nSPS) is 30.3. The highest BCUT2D eigenvalue weighted by Gasteiger charge is 2.35. The molecule has 1 aliphatic carbocycles. The summed E-state index contributed by atoms with van der Waals surface area (Å²) in [7, 11) is 0. The molecular formula is C16H32N2O. The average Bonchev–Trinajstić information content (AvgIpc) is 2.43. The monoisotopic (exact) mass is 268 g/mol. The first-order valence-corrected chi connectivity index (χ1v) is 8.31. The third kappa shape index (κ3) is 4.17. The Kier molecular flexibility index (Phi) is 6.11. The molecule has 1 aliphatic heterocycles. The maximum absolute atomic E-state index is 5.97. The van der Waals surface area contributed by atoms with Crippen LogP contribution in [0.25, 0.3) is 0 Å². The second-order valence-electron chi connectivity index (χ2n) is 6.56. The predicted octanol–water partition coefficient (Wildman–Crippen LogP) is 2.65. The number of fused-ring (bicyclic) bond motifs is 1. The molecule has 112 valence electrons. The number of nitrogens with one attached hydrogen (secondary N) is 1. The first-order valence-electron chi connectivity index (χ1n) is 8.31. The molecule has 1 saturated carbocycles. The third-order valence-electron chi connectivity index (χ3n) is 4.74. The molecule has 0 amide bonds. The first kappa shape index (κ1) is 15.3. The van der Waals surface area contributed by atoms with Gasteiger partial charge in [0.25, 0.3) is 0 Å². The minimum Gasteiger partial charge on any atom is -0.375 e. The molecule has 0 aromatic carbocycles. The fourth-order valence-electron chi connectivity index (χ4n) is 3.50. The van der Waals surface area contributed by atoms with Gasteiger partial charge in [0.15, 0.2) is 0 Å². The van der Waals surface area contributed by atoms with Crippen LogP contribution >= 0.6 is 0 Å². The van der Waals surface area contributed by atoms with Crippen LogP contribution < -0.4 is 5.32 Å². The van der Waals surface area contributed by atoms with Crippen LogP contribution in [0.5, 0.6) is 0 Å². The van der Waals surface area contributed by atoms with E-state index in [4.69, 9.17) is 4.74 Å². The van der Waals surface area contributed by atoms with Crippen molar-refractivity contribution in [3.8, 4) is 0 Å². The molecule has 0 bridgehead atoms. The van der Waals surface area contributed by atoms with E-state index in [0.717, 1.165) is 19.7 Å². The van der Waals surface area contributed by atoms with Gasteiger partial charge in [0.05, 0.1) is 12.7 Å². The van der Waals surface area contributed by atoms with Crippen molar-refractivity contribution in [2.45, 2.75) is 71.1 Å². The van der Waals surface area contributed by atoms with E-state index >= 15 is 0 Å². The molecule has 2 rings (SSSR count). The Morgan fingerprint density at radius 2 is 2.05 bits per heavy atom. The number of ether oxygens (including phenoxy) is 1. The summed E-state index contributed by atoms with van der Waals surface area (Å²) in [6, 6.07) is 1.31. The lowest BCUT2D eigenvalue weighted by molar-refractivity contribution is -0.0912. The molecule has 2 aliphatic rings. The first-order chi connectivity index (χ1) is 9.22. The maximum Gasteiger partial charge on any atom is 0.0730 e. The van der Waals surface area contributed by atoms with E-state index in [-0.39, 0.29) is 0 Å². The third-order valence-corrected chi connectivity index (χ3v) is 4.74. The number of hydrogen-bond acceptors (Lipinski definition) is 3. The Bertz CT molecular complexity index is 255. The summed E-state index contributed by atoms with van der Waals surface area (Å²) in [6.07, 6.45) is 7.09. The average molecular weight is 268 g/mol. The van der Waals surface area contributed by atoms with Crippen LogP contribution in [-0.2, 0) is 4.74 Å². The van der Waals surface area contributed by atoms with Gasteiger partial charge in [0.2, 0.25) is 0 Å². The van der Waals surface area contributed by atoms with Crippen LogP contribution in [0.4, 0.5) is 0 Å². The van der Waals surface area contributed by atoms with Gasteiger partial charge in [-0.3, -0.25) is 4.90 Å². The van der Waals surface area contributed by atoms with Gasteiger partial charge >= 0.3 is 0 Å². The van der Waals surface area contributed by atoms with E-state index < -0.39 is 0 Å². The highest BCUT2D eigenvalue weighted by molar-refractivity contribution is 4.89. The lowest BCUT2D eigenvalue weighted by Gasteiger charge is -2.45. The molecule has 1 heterocycles. The zero-order valence-electron chi connectivity index (χ0n) is 13.0. The van der Waals surface area contributed by atoms with Gasteiger partial charge in [-0.2, -0.15) is 0 Å². The molecule has 1 N–H and O–H groups in total. The van der Waals surface area contributed by atoms with E-state index in [2.05, 4.69) is 31.0 Å². The fourth-order valence-corrected chi connectivity index (χ4v) is 3.50. The molecule has 3 heteroatoms. The minimum absolute atomic E-state index is 0.515. The molecule has 0 aromatic rings. The Balaban J connectivity index is 1.90. The zero-order valence-corrected chi connectivity index (χ0v) is 13.0. The molecular weight excluding hydrogens is 236 g/mol. The predicted molar refractivity (Wildman–Crippen MR) is 80.5 cm³/mol.